The first-order chi connectivity index (χ1) is 9.88. The van der Waals surface area contributed by atoms with Gasteiger partial charge in [-0.3, -0.25) is 9.88 Å². The van der Waals surface area contributed by atoms with E-state index in [1.807, 2.05) is 12.3 Å². The van der Waals surface area contributed by atoms with E-state index in [1.165, 1.54) is 43.3 Å². The van der Waals surface area contributed by atoms with Gasteiger partial charge in [0.15, 0.2) is 0 Å². The van der Waals surface area contributed by atoms with Crippen LogP contribution < -0.4 is 5.32 Å². The number of likely N-dealkylation sites (tertiary alicyclic amines) is 1. The number of nitrogens with one attached hydrogen (secondary N) is 1. The maximum atomic E-state index is 4.58. The fourth-order valence-corrected chi connectivity index (χ4v) is 3.69. The molecule has 3 nitrogen and oxygen atoms in total. The third-order valence-electron chi connectivity index (χ3n) is 4.72. The summed E-state index contributed by atoms with van der Waals surface area (Å²) in [5.41, 5.74) is 2.53. The highest BCUT2D eigenvalue weighted by atomic mass is 35.5. The lowest BCUT2D eigenvalue weighted by molar-refractivity contribution is 0.251. The number of hydrogen-bond donors (Lipinski definition) is 1. The summed E-state index contributed by atoms with van der Waals surface area (Å²) in [5, 5.41) is 5.00. The van der Waals surface area contributed by atoms with Gasteiger partial charge in [-0.15, -0.1) is 12.4 Å². The third kappa shape index (κ3) is 3.05. The second-order valence-electron chi connectivity index (χ2n) is 6.15. The van der Waals surface area contributed by atoms with Gasteiger partial charge in [0.2, 0.25) is 0 Å². The SMILES string of the molecule is Cl.c1cnc2c(CN3CCC4CCC(C3)N4)cccc2c1. The van der Waals surface area contributed by atoms with Crippen molar-refractivity contribution in [3.05, 3.63) is 42.1 Å². The highest BCUT2D eigenvalue weighted by molar-refractivity contribution is 5.85. The maximum Gasteiger partial charge on any atom is 0.0746 e. The van der Waals surface area contributed by atoms with E-state index in [0.717, 1.165) is 18.1 Å². The molecule has 1 aromatic carbocycles. The number of fused-ring (bicyclic) bond motifs is 3. The van der Waals surface area contributed by atoms with Crippen LogP contribution in [0.15, 0.2) is 36.5 Å². The van der Waals surface area contributed by atoms with E-state index in [9.17, 15) is 0 Å². The van der Waals surface area contributed by atoms with Gasteiger partial charge in [0.1, 0.15) is 0 Å². The Hall–Kier alpha value is -1.16. The van der Waals surface area contributed by atoms with Crippen molar-refractivity contribution in [3.63, 3.8) is 0 Å². The zero-order valence-electron chi connectivity index (χ0n) is 12.2. The van der Waals surface area contributed by atoms with E-state index in [0.29, 0.717) is 6.04 Å². The first-order valence-corrected chi connectivity index (χ1v) is 7.69. The molecule has 2 atom stereocenters. The second-order valence-corrected chi connectivity index (χ2v) is 6.15. The van der Waals surface area contributed by atoms with Crippen LogP contribution in [0.3, 0.4) is 0 Å². The Labute approximate surface area is 132 Å². The molecule has 3 heterocycles. The summed E-state index contributed by atoms with van der Waals surface area (Å²) >= 11 is 0. The quantitative estimate of drug-likeness (QED) is 0.924. The molecule has 0 aliphatic carbocycles. The molecule has 0 radical (unpaired) electrons. The topological polar surface area (TPSA) is 28.2 Å². The maximum absolute atomic E-state index is 4.58. The molecule has 4 rings (SSSR count). The predicted molar refractivity (Wildman–Crippen MR) is 88.8 cm³/mol. The number of nitrogens with zero attached hydrogens (tertiary/aromatic N) is 2. The van der Waals surface area contributed by atoms with Crippen molar-refractivity contribution in [1.29, 1.82) is 0 Å². The van der Waals surface area contributed by atoms with Gasteiger partial charge in [-0.1, -0.05) is 24.3 Å². The van der Waals surface area contributed by atoms with Crippen LogP contribution >= 0.6 is 12.4 Å². The van der Waals surface area contributed by atoms with E-state index in [-0.39, 0.29) is 12.4 Å². The zero-order valence-corrected chi connectivity index (χ0v) is 13.0. The van der Waals surface area contributed by atoms with Gasteiger partial charge in [-0.2, -0.15) is 0 Å². The van der Waals surface area contributed by atoms with E-state index in [4.69, 9.17) is 0 Å². The summed E-state index contributed by atoms with van der Waals surface area (Å²) in [7, 11) is 0. The Morgan fingerprint density at radius 3 is 2.90 bits per heavy atom. The summed E-state index contributed by atoms with van der Waals surface area (Å²) in [6.07, 6.45) is 5.90. The van der Waals surface area contributed by atoms with Gasteiger partial charge in [0.25, 0.3) is 0 Å². The molecular formula is C17H22ClN3. The largest absolute Gasteiger partial charge is 0.310 e. The smallest absolute Gasteiger partial charge is 0.0746 e. The van der Waals surface area contributed by atoms with Crippen LogP contribution in [0.1, 0.15) is 24.8 Å². The molecule has 0 spiro atoms. The van der Waals surface area contributed by atoms with Crippen LogP contribution in [-0.2, 0) is 6.54 Å². The van der Waals surface area contributed by atoms with Gasteiger partial charge >= 0.3 is 0 Å². The normalized spacial score (nSPS) is 25.5. The zero-order chi connectivity index (χ0) is 13.4. The Kier molecular flexibility index (Phi) is 4.43. The summed E-state index contributed by atoms with van der Waals surface area (Å²) < 4.78 is 0. The van der Waals surface area contributed by atoms with Crippen molar-refractivity contribution in [3.8, 4) is 0 Å². The van der Waals surface area contributed by atoms with Crippen molar-refractivity contribution < 1.29 is 0 Å². The highest BCUT2D eigenvalue weighted by Gasteiger charge is 2.29. The third-order valence-corrected chi connectivity index (χ3v) is 4.72. The predicted octanol–water partition coefficient (Wildman–Crippen LogP) is 2.98. The van der Waals surface area contributed by atoms with E-state index >= 15 is 0 Å². The minimum Gasteiger partial charge on any atom is -0.310 e. The summed E-state index contributed by atoms with van der Waals surface area (Å²) in [5.74, 6) is 0. The average molecular weight is 304 g/mol. The van der Waals surface area contributed by atoms with Crippen molar-refractivity contribution in [2.45, 2.75) is 37.9 Å². The molecule has 2 saturated heterocycles. The first kappa shape index (κ1) is 14.8. The van der Waals surface area contributed by atoms with Gasteiger partial charge in [-0.05, 0) is 30.9 Å². The van der Waals surface area contributed by atoms with Crippen LogP contribution in [0, 0.1) is 0 Å². The number of rotatable bonds is 2. The highest BCUT2D eigenvalue weighted by Crippen LogP contribution is 2.23. The molecule has 2 aromatic rings. The van der Waals surface area contributed by atoms with Crippen molar-refractivity contribution >= 4 is 23.3 Å². The Bertz CT molecular complexity index is 611. The number of aromatic nitrogens is 1. The number of benzene rings is 1. The van der Waals surface area contributed by atoms with Crippen LogP contribution in [0.4, 0.5) is 0 Å². The Balaban J connectivity index is 0.00000132. The molecular weight excluding hydrogens is 282 g/mol. The molecule has 112 valence electrons. The van der Waals surface area contributed by atoms with Gasteiger partial charge in [0.05, 0.1) is 5.52 Å². The fraction of sp³-hybridized carbons (Fsp3) is 0.471. The van der Waals surface area contributed by atoms with E-state index in [2.05, 4.69) is 39.5 Å². The molecule has 1 aromatic heterocycles. The van der Waals surface area contributed by atoms with Crippen molar-refractivity contribution in [2.75, 3.05) is 13.1 Å². The van der Waals surface area contributed by atoms with Crippen molar-refractivity contribution in [2.24, 2.45) is 0 Å². The van der Waals surface area contributed by atoms with Crippen molar-refractivity contribution in [1.82, 2.24) is 15.2 Å². The molecule has 0 saturated carbocycles. The fourth-order valence-electron chi connectivity index (χ4n) is 3.69. The number of pyridine rings is 1. The van der Waals surface area contributed by atoms with E-state index < -0.39 is 0 Å². The molecule has 2 aliphatic rings. The monoisotopic (exact) mass is 303 g/mol. The number of hydrogen-bond acceptors (Lipinski definition) is 3. The number of halogens is 1. The minimum absolute atomic E-state index is 0. The van der Waals surface area contributed by atoms with Gasteiger partial charge < -0.3 is 5.32 Å². The standard InChI is InChI=1S/C17H21N3.ClH/c1-3-13-5-2-9-18-17(13)14(4-1)11-20-10-8-15-6-7-16(12-20)19-15;/h1-5,9,15-16,19H,6-8,10-12H2;1H. The van der Waals surface area contributed by atoms with Gasteiger partial charge in [0, 0.05) is 43.3 Å². The lowest BCUT2D eigenvalue weighted by Crippen LogP contribution is -2.35. The van der Waals surface area contributed by atoms with E-state index in [1.54, 1.807) is 0 Å². The van der Waals surface area contributed by atoms with Crippen LogP contribution in [0.2, 0.25) is 0 Å². The van der Waals surface area contributed by atoms with Crippen LogP contribution in [0.25, 0.3) is 10.9 Å². The summed E-state index contributed by atoms with van der Waals surface area (Å²) in [4.78, 5) is 7.17. The van der Waals surface area contributed by atoms with Crippen LogP contribution in [-0.4, -0.2) is 35.1 Å². The molecule has 2 bridgehead atoms. The van der Waals surface area contributed by atoms with Gasteiger partial charge in [-0.25, -0.2) is 0 Å². The second kappa shape index (κ2) is 6.30. The summed E-state index contributed by atoms with van der Waals surface area (Å²) in [6.45, 7) is 3.41. The lowest BCUT2D eigenvalue weighted by atomic mass is 10.1. The first-order valence-electron chi connectivity index (χ1n) is 7.69. The molecule has 2 aliphatic heterocycles. The summed E-state index contributed by atoms with van der Waals surface area (Å²) in [6, 6.07) is 12.2. The number of para-hydroxylation sites is 1. The minimum atomic E-state index is 0. The Morgan fingerprint density at radius 1 is 1.10 bits per heavy atom. The molecule has 1 N–H and O–H groups in total. The molecule has 21 heavy (non-hydrogen) atoms. The average Bonchev–Trinajstić information content (AvgIpc) is 2.82. The molecule has 4 heteroatoms. The lowest BCUT2D eigenvalue weighted by Gasteiger charge is -2.24. The molecule has 0 amide bonds. The Morgan fingerprint density at radius 2 is 1.95 bits per heavy atom. The van der Waals surface area contributed by atoms with Crippen LogP contribution in [0.5, 0.6) is 0 Å². The molecule has 2 unspecified atom stereocenters. The molecule has 2 fully saturated rings.